The number of para-hydroxylation sites is 1. The van der Waals surface area contributed by atoms with Crippen LogP contribution in [0.25, 0.3) is 11.0 Å². The third-order valence-electron chi connectivity index (χ3n) is 2.55. The van der Waals surface area contributed by atoms with E-state index in [-0.39, 0.29) is 18.3 Å². The van der Waals surface area contributed by atoms with E-state index in [0.29, 0.717) is 22.9 Å². The number of benzene rings is 1. The third-order valence-corrected chi connectivity index (χ3v) is 2.86. The Hall–Kier alpha value is -1.30. The molecule has 0 fully saturated rings. The fraction of sp³-hybridized carbons (Fsp3) is 0.333. The molecule has 0 aliphatic rings. The Morgan fingerprint density at radius 2 is 2.26 bits per heavy atom. The van der Waals surface area contributed by atoms with E-state index < -0.39 is 0 Å². The summed E-state index contributed by atoms with van der Waals surface area (Å²) in [5, 5.41) is 6.29. The number of nitrogens with one attached hydrogen (secondary N) is 3. The number of aromatic nitrogens is 2. The Bertz CT molecular complexity index is 556. The van der Waals surface area contributed by atoms with E-state index in [1.54, 1.807) is 6.07 Å². The highest BCUT2D eigenvalue weighted by molar-refractivity contribution is 6.35. The van der Waals surface area contributed by atoms with Gasteiger partial charge in [0, 0.05) is 6.42 Å². The highest BCUT2D eigenvalue weighted by atomic mass is 35.5. The van der Waals surface area contributed by atoms with Crippen LogP contribution in [0.3, 0.4) is 0 Å². The first kappa shape index (κ1) is 15.8. The average Bonchev–Trinajstić information content (AvgIpc) is 2.73. The number of aromatic amines is 1. The third kappa shape index (κ3) is 4.09. The van der Waals surface area contributed by atoms with E-state index in [2.05, 4.69) is 20.6 Å². The van der Waals surface area contributed by atoms with Crippen LogP contribution in [-0.4, -0.2) is 29.5 Å². The van der Waals surface area contributed by atoms with Gasteiger partial charge in [0.25, 0.3) is 0 Å². The molecule has 1 heterocycles. The fourth-order valence-corrected chi connectivity index (χ4v) is 1.89. The summed E-state index contributed by atoms with van der Waals surface area (Å²) in [6.07, 6.45) is 1.26. The maximum Gasteiger partial charge on any atom is 0.226 e. The highest BCUT2D eigenvalue weighted by Crippen LogP contribution is 2.22. The SMILES string of the molecule is CNCCCC(=O)Nc1nc2c(Cl)cccc2[nH]1.Cl. The Morgan fingerprint density at radius 1 is 1.47 bits per heavy atom. The number of carbonyl (C=O) groups excluding carboxylic acids is 1. The molecule has 3 N–H and O–H groups in total. The zero-order chi connectivity index (χ0) is 13.0. The predicted molar refractivity (Wildman–Crippen MR) is 80.1 cm³/mol. The molecule has 1 aromatic heterocycles. The monoisotopic (exact) mass is 302 g/mol. The van der Waals surface area contributed by atoms with E-state index in [1.165, 1.54) is 0 Å². The number of amides is 1. The summed E-state index contributed by atoms with van der Waals surface area (Å²) in [6.45, 7) is 0.819. The molecule has 0 saturated carbocycles. The van der Waals surface area contributed by atoms with E-state index in [4.69, 9.17) is 11.6 Å². The van der Waals surface area contributed by atoms with Crippen molar-refractivity contribution in [3.05, 3.63) is 23.2 Å². The van der Waals surface area contributed by atoms with Crippen LogP contribution in [-0.2, 0) is 4.79 Å². The minimum Gasteiger partial charge on any atom is -0.324 e. The molecule has 5 nitrogen and oxygen atoms in total. The number of halogens is 2. The average molecular weight is 303 g/mol. The van der Waals surface area contributed by atoms with Crippen molar-refractivity contribution in [2.24, 2.45) is 0 Å². The van der Waals surface area contributed by atoms with Crippen molar-refractivity contribution in [1.82, 2.24) is 15.3 Å². The van der Waals surface area contributed by atoms with E-state index in [9.17, 15) is 4.79 Å². The first-order valence-electron chi connectivity index (χ1n) is 5.79. The molecular weight excluding hydrogens is 287 g/mol. The molecule has 0 spiro atoms. The molecule has 2 rings (SSSR count). The molecule has 0 aliphatic carbocycles. The molecule has 0 unspecified atom stereocenters. The number of hydrogen-bond donors (Lipinski definition) is 3. The van der Waals surface area contributed by atoms with E-state index in [0.717, 1.165) is 18.5 Å². The zero-order valence-corrected chi connectivity index (χ0v) is 12.1. The number of nitrogens with zero attached hydrogens (tertiary/aromatic N) is 1. The van der Waals surface area contributed by atoms with Gasteiger partial charge >= 0.3 is 0 Å². The smallest absolute Gasteiger partial charge is 0.226 e. The molecule has 0 atom stereocenters. The molecule has 2 aromatic rings. The Morgan fingerprint density at radius 3 is 2.95 bits per heavy atom. The van der Waals surface area contributed by atoms with Crippen LogP contribution in [0.1, 0.15) is 12.8 Å². The van der Waals surface area contributed by atoms with Gasteiger partial charge in [-0.3, -0.25) is 10.1 Å². The second kappa shape index (κ2) is 7.33. The van der Waals surface area contributed by atoms with Crippen molar-refractivity contribution in [3.8, 4) is 0 Å². The Labute approximate surface area is 122 Å². The van der Waals surface area contributed by atoms with Crippen molar-refractivity contribution >= 4 is 46.9 Å². The van der Waals surface area contributed by atoms with Gasteiger partial charge in [0.05, 0.1) is 10.5 Å². The fourth-order valence-electron chi connectivity index (χ4n) is 1.68. The summed E-state index contributed by atoms with van der Waals surface area (Å²) >= 11 is 6.01. The van der Waals surface area contributed by atoms with Gasteiger partial charge in [-0.2, -0.15) is 0 Å². The lowest BCUT2D eigenvalue weighted by atomic mass is 10.3. The van der Waals surface area contributed by atoms with Crippen LogP contribution < -0.4 is 10.6 Å². The van der Waals surface area contributed by atoms with Crippen molar-refractivity contribution in [1.29, 1.82) is 0 Å². The standard InChI is InChI=1S/C12H15ClN4O.ClH/c1-14-7-3-6-10(18)16-12-15-9-5-2-4-8(13)11(9)17-12;/h2,4-5,14H,3,6-7H2,1H3,(H2,15,16,17,18);1H. The summed E-state index contributed by atoms with van der Waals surface area (Å²) in [5.74, 6) is 0.382. The first-order chi connectivity index (χ1) is 8.70. The maximum atomic E-state index is 11.6. The summed E-state index contributed by atoms with van der Waals surface area (Å²) < 4.78 is 0. The van der Waals surface area contributed by atoms with Crippen molar-refractivity contribution < 1.29 is 4.79 Å². The van der Waals surface area contributed by atoms with Crippen LogP contribution in [0.2, 0.25) is 5.02 Å². The van der Waals surface area contributed by atoms with Crippen LogP contribution in [0, 0.1) is 0 Å². The van der Waals surface area contributed by atoms with Crippen LogP contribution in [0.15, 0.2) is 18.2 Å². The molecule has 0 radical (unpaired) electrons. The minimum absolute atomic E-state index is 0. The molecule has 0 saturated heterocycles. The largest absolute Gasteiger partial charge is 0.324 e. The lowest BCUT2D eigenvalue weighted by Gasteiger charge is -2.00. The Balaban J connectivity index is 0.00000180. The second-order valence-electron chi connectivity index (χ2n) is 3.98. The number of H-pyrrole nitrogens is 1. The van der Waals surface area contributed by atoms with Crippen molar-refractivity contribution in [2.75, 3.05) is 18.9 Å². The summed E-state index contributed by atoms with van der Waals surface area (Å²) in [6, 6.07) is 5.47. The Kier molecular flexibility index (Phi) is 6.08. The molecular formula is C12H16Cl2N4O. The number of carbonyl (C=O) groups is 1. The van der Waals surface area contributed by atoms with Crippen LogP contribution in [0.5, 0.6) is 0 Å². The lowest BCUT2D eigenvalue weighted by molar-refractivity contribution is -0.116. The maximum absolute atomic E-state index is 11.6. The predicted octanol–water partition coefficient (Wildman–Crippen LogP) is 2.58. The molecule has 0 aliphatic heterocycles. The number of anilines is 1. The van der Waals surface area contributed by atoms with Gasteiger partial charge in [-0.25, -0.2) is 4.98 Å². The molecule has 19 heavy (non-hydrogen) atoms. The first-order valence-corrected chi connectivity index (χ1v) is 6.17. The van der Waals surface area contributed by atoms with Gasteiger partial charge in [-0.05, 0) is 32.1 Å². The van der Waals surface area contributed by atoms with Gasteiger partial charge in [0.15, 0.2) is 0 Å². The van der Waals surface area contributed by atoms with Crippen molar-refractivity contribution in [3.63, 3.8) is 0 Å². The van der Waals surface area contributed by atoms with Gasteiger partial charge in [-0.1, -0.05) is 17.7 Å². The molecule has 1 amide bonds. The topological polar surface area (TPSA) is 69.8 Å². The van der Waals surface area contributed by atoms with Gasteiger partial charge in [0.1, 0.15) is 5.52 Å². The molecule has 104 valence electrons. The van der Waals surface area contributed by atoms with E-state index in [1.807, 2.05) is 19.2 Å². The number of imidazole rings is 1. The van der Waals surface area contributed by atoms with E-state index >= 15 is 0 Å². The summed E-state index contributed by atoms with van der Waals surface area (Å²) in [7, 11) is 1.86. The normalized spacial score (nSPS) is 10.2. The quantitative estimate of drug-likeness (QED) is 0.744. The zero-order valence-electron chi connectivity index (χ0n) is 10.5. The highest BCUT2D eigenvalue weighted by Gasteiger charge is 2.08. The second-order valence-corrected chi connectivity index (χ2v) is 4.38. The van der Waals surface area contributed by atoms with Crippen molar-refractivity contribution in [2.45, 2.75) is 12.8 Å². The molecule has 7 heteroatoms. The molecule has 0 bridgehead atoms. The number of rotatable bonds is 5. The van der Waals surface area contributed by atoms with Crippen LogP contribution >= 0.6 is 24.0 Å². The van der Waals surface area contributed by atoms with Crippen LogP contribution in [0.4, 0.5) is 5.95 Å². The summed E-state index contributed by atoms with van der Waals surface area (Å²) in [4.78, 5) is 18.9. The van der Waals surface area contributed by atoms with Gasteiger partial charge in [-0.15, -0.1) is 12.4 Å². The molecule has 1 aromatic carbocycles. The number of fused-ring (bicyclic) bond motifs is 1. The lowest BCUT2D eigenvalue weighted by Crippen LogP contribution is -2.15. The van der Waals surface area contributed by atoms with Gasteiger partial charge < -0.3 is 10.3 Å². The minimum atomic E-state index is -0.0552. The number of hydrogen-bond acceptors (Lipinski definition) is 3. The summed E-state index contributed by atoms with van der Waals surface area (Å²) in [5.41, 5.74) is 1.48. The van der Waals surface area contributed by atoms with Gasteiger partial charge in [0.2, 0.25) is 11.9 Å².